The molecule has 0 spiro atoms. The van der Waals surface area contributed by atoms with E-state index in [-0.39, 0.29) is 11.9 Å². The molecular formula is C17H26ClFN2. The Morgan fingerprint density at radius 1 is 1.38 bits per heavy atom. The van der Waals surface area contributed by atoms with E-state index in [0.29, 0.717) is 28.6 Å². The zero-order valence-corrected chi connectivity index (χ0v) is 14.0. The molecule has 2 N–H and O–H groups in total. The highest BCUT2D eigenvalue weighted by Gasteiger charge is 2.32. The van der Waals surface area contributed by atoms with Gasteiger partial charge in [0.25, 0.3) is 0 Å². The average Bonchev–Trinajstić information content (AvgIpc) is 2.41. The third kappa shape index (κ3) is 3.97. The second-order valence-corrected chi connectivity index (χ2v) is 7.41. The molecule has 118 valence electrons. The van der Waals surface area contributed by atoms with Crippen molar-refractivity contribution in [3.8, 4) is 0 Å². The Hall–Kier alpha value is -0.640. The fraction of sp³-hybridized carbons (Fsp3) is 0.647. The summed E-state index contributed by atoms with van der Waals surface area (Å²) in [6.45, 7) is 5.06. The number of nitrogens with zero attached hydrogens (tertiary/aromatic N) is 1. The van der Waals surface area contributed by atoms with Crippen molar-refractivity contribution in [3.63, 3.8) is 0 Å². The monoisotopic (exact) mass is 312 g/mol. The number of likely N-dealkylation sites (N-methyl/N-ethyl adjacent to an activating group) is 1. The van der Waals surface area contributed by atoms with Crippen molar-refractivity contribution in [2.24, 2.45) is 11.1 Å². The van der Waals surface area contributed by atoms with Gasteiger partial charge in [-0.15, -0.1) is 0 Å². The van der Waals surface area contributed by atoms with E-state index in [0.717, 1.165) is 12.8 Å². The molecule has 2 rings (SSSR count). The molecule has 1 aliphatic carbocycles. The second kappa shape index (κ2) is 6.64. The van der Waals surface area contributed by atoms with E-state index in [1.54, 1.807) is 12.1 Å². The van der Waals surface area contributed by atoms with Crippen LogP contribution in [0.1, 0.15) is 51.1 Å². The van der Waals surface area contributed by atoms with Crippen LogP contribution in [0.5, 0.6) is 0 Å². The zero-order valence-electron chi connectivity index (χ0n) is 13.2. The van der Waals surface area contributed by atoms with E-state index in [4.69, 9.17) is 17.3 Å². The molecule has 0 saturated heterocycles. The summed E-state index contributed by atoms with van der Waals surface area (Å²) in [5, 5.41) is 0.425. The fourth-order valence-electron chi connectivity index (χ4n) is 3.33. The molecule has 1 atom stereocenters. The summed E-state index contributed by atoms with van der Waals surface area (Å²) in [5.74, 6) is -0.263. The van der Waals surface area contributed by atoms with Gasteiger partial charge in [-0.3, -0.25) is 4.90 Å². The quantitative estimate of drug-likeness (QED) is 0.894. The van der Waals surface area contributed by atoms with Crippen LogP contribution in [0.3, 0.4) is 0 Å². The minimum atomic E-state index is -0.263. The summed E-state index contributed by atoms with van der Waals surface area (Å²) in [7, 11) is 2.06. The van der Waals surface area contributed by atoms with Gasteiger partial charge in [0.15, 0.2) is 0 Å². The molecular weight excluding hydrogens is 287 g/mol. The van der Waals surface area contributed by atoms with Crippen LogP contribution in [-0.4, -0.2) is 24.5 Å². The SMILES string of the molecule is CN(C1CCC(C)(C)CC1)C(CN)c1ccc(Cl)cc1F. The highest BCUT2D eigenvalue weighted by atomic mass is 35.5. The Labute approximate surface area is 132 Å². The van der Waals surface area contributed by atoms with Crippen LogP contribution >= 0.6 is 11.6 Å². The van der Waals surface area contributed by atoms with Gasteiger partial charge >= 0.3 is 0 Å². The van der Waals surface area contributed by atoms with E-state index in [1.807, 2.05) is 0 Å². The summed E-state index contributed by atoms with van der Waals surface area (Å²) in [6.07, 6.45) is 4.72. The van der Waals surface area contributed by atoms with E-state index in [2.05, 4.69) is 25.8 Å². The fourth-order valence-corrected chi connectivity index (χ4v) is 3.49. The molecule has 0 heterocycles. The first-order chi connectivity index (χ1) is 9.84. The molecule has 2 nitrogen and oxygen atoms in total. The average molecular weight is 313 g/mol. The maximum Gasteiger partial charge on any atom is 0.129 e. The lowest BCUT2D eigenvalue weighted by Crippen LogP contribution is -2.42. The van der Waals surface area contributed by atoms with Crippen LogP contribution in [0.2, 0.25) is 5.02 Å². The van der Waals surface area contributed by atoms with Crippen LogP contribution in [0.15, 0.2) is 18.2 Å². The summed E-state index contributed by atoms with van der Waals surface area (Å²) in [5.41, 5.74) is 7.01. The molecule has 0 radical (unpaired) electrons. The number of hydrogen-bond acceptors (Lipinski definition) is 2. The molecule has 0 aliphatic heterocycles. The van der Waals surface area contributed by atoms with Gasteiger partial charge in [0.1, 0.15) is 5.82 Å². The normalized spacial score (nSPS) is 20.7. The van der Waals surface area contributed by atoms with Gasteiger partial charge in [-0.05, 0) is 50.3 Å². The summed E-state index contributed by atoms with van der Waals surface area (Å²) >= 11 is 5.84. The van der Waals surface area contributed by atoms with Gasteiger partial charge in [-0.1, -0.05) is 31.5 Å². The molecule has 4 heteroatoms. The molecule has 0 amide bonds. The summed E-state index contributed by atoms with van der Waals surface area (Å²) < 4.78 is 14.2. The minimum Gasteiger partial charge on any atom is -0.329 e. The van der Waals surface area contributed by atoms with Gasteiger partial charge in [0.2, 0.25) is 0 Å². The van der Waals surface area contributed by atoms with Gasteiger partial charge in [0, 0.05) is 29.2 Å². The first kappa shape index (κ1) is 16.7. The van der Waals surface area contributed by atoms with Crippen LogP contribution in [0.25, 0.3) is 0 Å². The van der Waals surface area contributed by atoms with Crippen LogP contribution in [0.4, 0.5) is 4.39 Å². The Morgan fingerprint density at radius 2 is 2.00 bits per heavy atom. The number of halogens is 2. The Morgan fingerprint density at radius 3 is 2.52 bits per heavy atom. The molecule has 1 saturated carbocycles. The maximum atomic E-state index is 14.2. The highest BCUT2D eigenvalue weighted by Crippen LogP contribution is 2.38. The molecule has 1 unspecified atom stereocenters. The van der Waals surface area contributed by atoms with Gasteiger partial charge < -0.3 is 5.73 Å². The van der Waals surface area contributed by atoms with Gasteiger partial charge in [0.05, 0.1) is 0 Å². The van der Waals surface area contributed by atoms with Crippen molar-refractivity contribution in [2.75, 3.05) is 13.6 Å². The summed E-state index contributed by atoms with van der Waals surface area (Å²) in [6, 6.07) is 5.26. The molecule has 1 aliphatic rings. The molecule has 0 bridgehead atoms. The molecule has 1 aromatic rings. The lowest BCUT2D eigenvalue weighted by molar-refractivity contribution is 0.0953. The van der Waals surface area contributed by atoms with E-state index in [1.165, 1.54) is 18.9 Å². The predicted molar refractivity (Wildman–Crippen MR) is 87.0 cm³/mol. The van der Waals surface area contributed by atoms with Crippen molar-refractivity contribution in [2.45, 2.75) is 51.6 Å². The Balaban J connectivity index is 2.13. The van der Waals surface area contributed by atoms with Crippen LogP contribution < -0.4 is 5.73 Å². The third-order valence-electron chi connectivity index (χ3n) is 4.92. The number of hydrogen-bond donors (Lipinski definition) is 1. The number of benzene rings is 1. The largest absolute Gasteiger partial charge is 0.329 e. The third-order valence-corrected chi connectivity index (χ3v) is 5.16. The number of rotatable bonds is 4. The topological polar surface area (TPSA) is 29.3 Å². The Kier molecular flexibility index (Phi) is 5.29. The smallest absolute Gasteiger partial charge is 0.129 e. The number of nitrogens with two attached hydrogens (primary N) is 1. The lowest BCUT2D eigenvalue weighted by Gasteiger charge is -2.41. The van der Waals surface area contributed by atoms with Crippen molar-refractivity contribution >= 4 is 11.6 Å². The van der Waals surface area contributed by atoms with Crippen LogP contribution in [0, 0.1) is 11.2 Å². The predicted octanol–water partition coefficient (Wildman–Crippen LogP) is 4.38. The van der Waals surface area contributed by atoms with E-state index >= 15 is 0 Å². The highest BCUT2D eigenvalue weighted by molar-refractivity contribution is 6.30. The first-order valence-corrected chi connectivity index (χ1v) is 8.09. The second-order valence-electron chi connectivity index (χ2n) is 6.98. The minimum absolute atomic E-state index is 0.0894. The maximum absolute atomic E-state index is 14.2. The van der Waals surface area contributed by atoms with Gasteiger partial charge in [-0.25, -0.2) is 4.39 Å². The Bertz CT molecular complexity index is 480. The van der Waals surface area contributed by atoms with Crippen molar-refractivity contribution in [1.82, 2.24) is 4.90 Å². The van der Waals surface area contributed by atoms with E-state index in [9.17, 15) is 4.39 Å². The van der Waals surface area contributed by atoms with E-state index < -0.39 is 0 Å². The molecule has 21 heavy (non-hydrogen) atoms. The van der Waals surface area contributed by atoms with Crippen molar-refractivity contribution in [1.29, 1.82) is 0 Å². The molecule has 0 aromatic heterocycles. The molecule has 1 aromatic carbocycles. The zero-order chi connectivity index (χ0) is 15.6. The van der Waals surface area contributed by atoms with Crippen molar-refractivity contribution in [3.05, 3.63) is 34.6 Å². The standard InChI is InChI=1S/C17H26ClFN2/c1-17(2)8-6-13(7-9-17)21(3)16(11-20)14-5-4-12(18)10-15(14)19/h4-5,10,13,16H,6-9,11,20H2,1-3H3. The first-order valence-electron chi connectivity index (χ1n) is 7.71. The summed E-state index contributed by atoms with van der Waals surface area (Å²) in [4.78, 5) is 2.25. The van der Waals surface area contributed by atoms with Gasteiger partial charge in [-0.2, -0.15) is 0 Å². The lowest BCUT2D eigenvalue weighted by atomic mass is 9.75. The molecule has 1 fully saturated rings. The van der Waals surface area contributed by atoms with Crippen molar-refractivity contribution < 1.29 is 4.39 Å². The van der Waals surface area contributed by atoms with Crippen LogP contribution in [-0.2, 0) is 0 Å².